The lowest BCUT2D eigenvalue weighted by Crippen LogP contribution is -2.48. The molecule has 0 saturated carbocycles. The second-order valence-corrected chi connectivity index (χ2v) is 7.30. The van der Waals surface area contributed by atoms with E-state index in [0.717, 1.165) is 29.7 Å². The van der Waals surface area contributed by atoms with Gasteiger partial charge in [-0.05, 0) is 37.0 Å². The molecule has 0 radical (unpaired) electrons. The highest BCUT2D eigenvalue weighted by Crippen LogP contribution is 2.26. The van der Waals surface area contributed by atoms with E-state index >= 15 is 0 Å². The van der Waals surface area contributed by atoms with Crippen molar-refractivity contribution in [3.8, 4) is 0 Å². The van der Waals surface area contributed by atoms with Gasteiger partial charge < -0.3 is 9.47 Å². The van der Waals surface area contributed by atoms with E-state index in [4.69, 9.17) is 9.47 Å². The monoisotopic (exact) mass is 393 g/mol. The third-order valence-electron chi connectivity index (χ3n) is 5.33. The molecule has 0 N–H and O–H groups in total. The highest BCUT2D eigenvalue weighted by atomic mass is 16.7. The Morgan fingerprint density at radius 3 is 2.28 bits per heavy atom. The van der Waals surface area contributed by atoms with E-state index in [1.165, 1.54) is 0 Å². The summed E-state index contributed by atoms with van der Waals surface area (Å²) in [6.07, 6.45) is 2.56. The summed E-state index contributed by atoms with van der Waals surface area (Å²) in [5, 5.41) is 0. The second kappa shape index (κ2) is 8.68. The second-order valence-electron chi connectivity index (χ2n) is 7.30. The van der Waals surface area contributed by atoms with Crippen molar-refractivity contribution in [1.29, 1.82) is 0 Å². The van der Waals surface area contributed by atoms with E-state index < -0.39 is 24.1 Å². The molecule has 1 unspecified atom stereocenters. The number of Topliss-reactive ketones (excluding diaryl/α,β-unsaturated/α-hetero) is 1. The molecular formula is C23H23NO5. The zero-order chi connectivity index (χ0) is 20.2. The predicted octanol–water partition coefficient (Wildman–Crippen LogP) is 3.01. The van der Waals surface area contributed by atoms with Crippen LogP contribution in [0.15, 0.2) is 54.6 Å². The third kappa shape index (κ3) is 4.13. The number of hydrogen-bond acceptors (Lipinski definition) is 5. The molecule has 0 aliphatic carbocycles. The minimum Gasteiger partial charge on any atom is -0.353 e. The topological polar surface area (TPSA) is 72.9 Å². The number of benzene rings is 2. The Morgan fingerprint density at radius 2 is 1.66 bits per heavy atom. The SMILES string of the molecule is O=C(COC1CCCCO1)[C@H](Cc1ccccc1)N1C(=O)c2ccccc2C1=O. The van der Waals surface area contributed by atoms with Crippen LogP contribution in [-0.4, -0.2) is 48.0 Å². The van der Waals surface area contributed by atoms with Crippen molar-refractivity contribution in [2.45, 2.75) is 38.0 Å². The number of carbonyl (C=O) groups is 3. The first kappa shape index (κ1) is 19.5. The molecule has 2 aromatic carbocycles. The molecule has 2 aromatic rings. The van der Waals surface area contributed by atoms with E-state index in [1.54, 1.807) is 24.3 Å². The molecule has 0 bridgehead atoms. The molecule has 2 aliphatic rings. The Hall–Kier alpha value is -2.83. The Bertz CT molecular complexity index is 869. The van der Waals surface area contributed by atoms with Crippen molar-refractivity contribution in [2.75, 3.05) is 13.2 Å². The van der Waals surface area contributed by atoms with Crippen LogP contribution >= 0.6 is 0 Å². The van der Waals surface area contributed by atoms with Crippen LogP contribution in [0.5, 0.6) is 0 Å². The smallest absolute Gasteiger partial charge is 0.262 e. The Kier molecular flexibility index (Phi) is 5.83. The molecule has 6 nitrogen and oxygen atoms in total. The van der Waals surface area contributed by atoms with Crippen LogP contribution in [0, 0.1) is 0 Å². The lowest BCUT2D eigenvalue weighted by Gasteiger charge is -2.27. The van der Waals surface area contributed by atoms with Crippen molar-refractivity contribution in [3.63, 3.8) is 0 Å². The van der Waals surface area contributed by atoms with Gasteiger partial charge in [-0.3, -0.25) is 19.3 Å². The van der Waals surface area contributed by atoms with Crippen molar-refractivity contribution in [3.05, 3.63) is 71.3 Å². The summed E-state index contributed by atoms with van der Waals surface area (Å²) in [5.41, 5.74) is 1.54. The lowest BCUT2D eigenvalue weighted by molar-refractivity contribution is -0.170. The van der Waals surface area contributed by atoms with Crippen LogP contribution in [0.4, 0.5) is 0 Å². The first-order valence-electron chi connectivity index (χ1n) is 9.92. The van der Waals surface area contributed by atoms with Crippen LogP contribution in [-0.2, 0) is 20.7 Å². The molecular weight excluding hydrogens is 370 g/mol. The first-order valence-corrected chi connectivity index (χ1v) is 9.92. The number of nitrogens with zero attached hydrogens (tertiary/aromatic N) is 1. The normalized spacial score (nSPS) is 19.9. The standard InChI is InChI=1S/C23H23NO5/c25-20(15-29-21-12-6-7-13-28-21)19(14-16-8-2-1-3-9-16)24-22(26)17-10-4-5-11-18(17)23(24)27/h1-5,8-11,19,21H,6-7,12-15H2/t19-,21?/m0/s1. The van der Waals surface area contributed by atoms with Gasteiger partial charge in [0.1, 0.15) is 12.6 Å². The molecule has 1 fully saturated rings. The summed E-state index contributed by atoms with van der Waals surface area (Å²) in [7, 11) is 0. The Morgan fingerprint density at radius 1 is 1.00 bits per heavy atom. The largest absolute Gasteiger partial charge is 0.353 e. The fourth-order valence-electron chi connectivity index (χ4n) is 3.79. The number of carbonyl (C=O) groups excluding carboxylic acids is 3. The summed E-state index contributed by atoms with van der Waals surface area (Å²) in [4.78, 5) is 40.1. The maximum absolute atomic E-state index is 13.1. The summed E-state index contributed by atoms with van der Waals surface area (Å²) in [6.45, 7) is 0.417. The van der Waals surface area contributed by atoms with Crippen molar-refractivity contribution in [1.82, 2.24) is 4.90 Å². The van der Waals surface area contributed by atoms with Gasteiger partial charge in [0.25, 0.3) is 11.8 Å². The minimum absolute atomic E-state index is 0.199. The van der Waals surface area contributed by atoms with Gasteiger partial charge in [0.2, 0.25) is 0 Å². The molecule has 0 spiro atoms. The quantitative estimate of drug-likeness (QED) is 0.676. The van der Waals surface area contributed by atoms with Crippen molar-refractivity contribution >= 4 is 17.6 Å². The van der Waals surface area contributed by atoms with E-state index in [0.29, 0.717) is 17.7 Å². The molecule has 1 saturated heterocycles. The summed E-state index contributed by atoms with van der Waals surface area (Å²) >= 11 is 0. The summed E-state index contributed by atoms with van der Waals surface area (Å²) in [6, 6.07) is 15.1. The molecule has 6 heteroatoms. The predicted molar refractivity (Wildman–Crippen MR) is 105 cm³/mol. The molecule has 150 valence electrons. The van der Waals surface area contributed by atoms with E-state index in [-0.39, 0.29) is 18.8 Å². The number of imide groups is 1. The molecule has 2 aliphatic heterocycles. The maximum atomic E-state index is 13.1. The average Bonchev–Trinajstić information content (AvgIpc) is 3.02. The fraction of sp³-hybridized carbons (Fsp3) is 0.348. The van der Waals surface area contributed by atoms with E-state index in [9.17, 15) is 14.4 Å². The van der Waals surface area contributed by atoms with Crippen molar-refractivity contribution < 1.29 is 23.9 Å². The molecule has 2 amide bonds. The summed E-state index contributed by atoms with van der Waals surface area (Å²) in [5.74, 6) is -1.18. The number of rotatable bonds is 7. The number of amides is 2. The van der Waals surface area contributed by atoms with Crippen LogP contribution in [0.3, 0.4) is 0 Å². The molecule has 2 atom stereocenters. The highest BCUT2D eigenvalue weighted by Gasteiger charge is 2.42. The molecule has 0 aromatic heterocycles. The van der Waals surface area contributed by atoms with Gasteiger partial charge in [0.15, 0.2) is 12.1 Å². The maximum Gasteiger partial charge on any atom is 0.262 e. The van der Waals surface area contributed by atoms with Gasteiger partial charge >= 0.3 is 0 Å². The zero-order valence-corrected chi connectivity index (χ0v) is 16.1. The van der Waals surface area contributed by atoms with Crippen LogP contribution in [0.1, 0.15) is 45.5 Å². The van der Waals surface area contributed by atoms with Gasteiger partial charge in [-0.15, -0.1) is 0 Å². The van der Waals surface area contributed by atoms with Crippen molar-refractivity contribution in [2.24, 2.45) is 0 Å². The summed E-state index contributed by atoms with van der Waals surface area (Å²) < 4.78 is 11.2. The Labute approximate surface area is 169 Å². The average molecular weight is 393 g/mol. The zero-order valence-electron chi connectivity index (χ0n) is 16.1. The number of hydrogen-bond donors (Lipinski definition) is 0. The van der Waals surface area contributed by atoms with Gasteiger partial charge in [-0.25, -0.2) is 0 Å². The number of fused-ring (bicyclic) bond motifs is 1. The van der Waals surface area contributed by atoms with E-state index in [1.807, 2.05) is 30.3 Å². The molecule has 2 heterocycles. The minimum atomic E-state index is -0.923. The fourth-order valence-corrected chi connectivity index (χ4v) is 3.79. The van der Waals surface area contributed by atoms with Gasteiger partial charge in [0, 0.05) is 13.0 Å². The van der Waals surface area contributed by atoms with Crippen LogP contribution in [0.2, 0.25) is 0 Å². The van der Waals surface area contributed by atoms with Crippen LogP contribution < -0.4 is 0 Å². The molecule has 4 rings (SSSR count). The van der Waals surface area contributed by atoms with Gasteiger partial charge in [0.05, 0.1) is 11.1 Å². The first-order chi connectivity index (χ1) is 14.1. The molecule has 29 heavy (non-hydrogen) atoms. The third-order valence-corrected chi connectivity index (χ3v) is 5.33. The van der Waals surface area contributed by atoms with Crippen LogP contribution in [0.25, 0.3) is 0 Å². The Balaban J connectivity index is 1.56. The number of ketones is 1. The van der Waals surface area contributed by atoms with Gasteiger partial charge in [-0.1, -0.05) is 42.5 Å². The van der Waals surface area contributed by atoms with E-state index in [2.05, 4.69) is 0 Å². The van der Waals surface area contributed by atoms with Gasteiger partial charge in [-0.2, -0.15) is 0 Å². The number of ether oxygens (including phenoxy) is 2. The lowest BCUT2D eigenvalue weighted by atomic mass is 10.0. The highest BCUT2D eigenvalue weighted by molar-refractivity contribution is 6.23.